The molecule has 0 saturated heterocycles. The fraction of sp³-hybridized carbons (Fsp3) is 0.154. The minimum absolute atomic E-state index is 0.582. The van der Waals surface area contributed by atoms with Crippen LogP contribution in [0.5, 0.6) is 0 Å². The summed E-state index contributed by atoms with van der Waals surface area (Å²) in [5, 5.41) is 6.16. The van der Waals surface area contributed by atoms with Gasteiger partial charge in [0.2, 0.25) is 0 Å². The maximum absolute atomic E-state index is 6.21. The van der Waals surface area contributed by atoms with Crippen LogP contribution < -0.4 is 25.8 Å². The molecule has 4 nitrogen and oxygen atoms in total. The number of nitrogens with zero attached hydrogens (tertiary/aromatic N) is 2. The van der Waals surface area contributed by atoms with Crippen LogP contribution in [-0.4, -0.2) is 13.7 Å². The number of nitrogens with one attached hydrogen (secondary N) is 1. The van der Waals surface area contributed by atoms with Gasteiger partial charge in [-0.3, -0.25) is 4.99 Å². The molecular weight excluding hydrogens is 244 g/mol. The number of thiophene rings is 1. The van der Waals surface area contributed by atoms with Crippen molar-refractivity contribution in [1.29, 1.82) is 0 Å². The zero-order chi connectivity index (χ0) is 12.5. The average molecular weight is 258 g/mol. The van der Waals surface area contributed by atoms with Gasteiger partial charge in [0.15, 0.2) is 0 Å². The van der Waals surface area contributed by atoms with E-state index in [1.54, 1.807) is 11.3 Å². The van der Waals surface area contributed by atoms with Crippen molar-refractivity contribution in [2.75, 3.05) is 23.9 Å². The largest absolute Gasteiger partial charge is 0.388 e. The van der Waals surface area contributed by atoms with Crippen molar-refractivity contribution in [3.8, 4) is 0 Å². The molecule has 0 fully saturated rings. The van der Waals surface area contributed by atoms with Crippen molar-refractivity contribution >= 4 is 28.5 Å². The van der Waals surface area contributed by atoms with E-state index in [-0.39, 0.29) is 0 Å². The number of benzene rings is 1. The molecule has 1 aliphatic rings. The van der Waals surface area contributed by atoms with Crippen LogP contribution in [0.1, 0.15) is 0 Å². The minimum atomic E-state index is 0.582. The molecule has 0 unspecified atom stereocenters. The monoisotopic (exact) mass is 258 g/mol. The van der Waals surface area contributed by atoms with E-state index < -0.39 is 0 Å². The van der Waals surface area contributed by atoms with Crippen LogP contribution in [0, 0.1) is 0 Å². The van der Waals surface area contributed by atoms with Crippen molar-refractivity contribution in [1.82, 2.24) is 0 Å². The summed E-state index contributed by atoms with van der Waals surface area (Å²) in [4.78, 5) is 6.55. The van der Waals surface area contributed by atoms with Crippen LogP contribution in [0.3, 0.4) is 0 Å². The first-order valence-corrected chi connectivity index (χ1v) is 6.60. The van der Waals surface area contributed by atoms with E-state index in [9.17, 15) is 0 Å². The molecule has 92 valence electrons. The molecule has 0 saturated carbocycles. The molecule has 18 heavy (non-hydrogen) atoms. The normalized spacial score (nSPS) is 14.1. The maximum Gasteiger partial charge on any atom is 0.123 e. The number of anilines is 2. The number of hydrogen-bond acceptors (Lipinski definition) is 5. The number of nitrogens with two attached hydrogens (primary N) is 1. The second-order valence-corrected chi connectivity index (χ2v) is 4.94. The molecule has 2 heterocycles. The molecule has 0 spiro atoms. The highest BCUT2D eigenvalue weighted by Gasteiger charge is 2.13. The Kier molecular flexibility index (Phi) is 2.68. The molecule has 3 rings (SSSR count). The Morgan fingerprint density at radius 1 is 1.28 bits per heavy atom. The Labute approximate surface area is 109 Å². The summed E-state index contributed by atoms with van der Waals surface area (Å²) in [6.45, 7) is 0.582. The highest BCUT2D eigenvalue weighted by molar-refractivity contribution is 7.07. The van der Waals surface area contributed by atoms with E-state index >= 15 is 0 Å². The second kappa shape index (κ2) is 4.34. The van der Waals surface area contributed by atoms with Crippen LogP contribution in [0.25, 0.3) is 5.82 Å². The molecule has 0 amide bonds. The fourth-order valence-corrected chi connectivity index (χ4v) is 2.77. The van der Waals surface area contributed by atoms with Crippen molar-refractivity contribution in [3.05, 3.63) is 45.6 Å². The number of hydrogen-bond donors (Lipinski definition) is 2. The molecule has 3 N–H and O–H groups in total. The lowest BCUT2D eigenvalue weighted by molar-refractivity contribution is 0.919. The van der Waals surface area contributed by atoms with Gasteiger partial charge in [-0.15, -0.1) is 11.3 Å². The first kappa shape index (κ1) is 11.1. The quantitative estimate of drug-likeness (QED) is 0.842. The standard InChI is InChI=1S/C13H14N4S/c1-15-9-2-4-10(5-3-9)17-8-16-13-11(12(17)14)6-7-18-13/h2-7,15H,8,14H2,1H3. The Balaban J connectivity index is 2.04. The van der Waals surface area contributed by atoms with Gasteiger partial charge < -0.3 is 16.0 Å². The van der Waals surface area contributed by atoms with Crippen molar-refractivity contribution in [2.45, 2.75) is 0 Å². The number of rotatable bonds is 2. The first-order chi connectivity index (χ1) is 8.79. The number of fused-ring (bicyclic) bond motifs is 1. The third-order valence-electron chi connectivity index (χ3n) is 3.03. The van der Waals surface area contributed by atoms with Gasteiger partial charge in [0.1, 0.15) is 17.2 Å². The lowest BCUT2D eigenvalue weighted by Gasteiger charge is -2.24. The summed E-state index contributed by atoms with van der Waals surface area (Å²) in [6.07, 6.45) is 0. The van der Waals surface area contributed by atoms with Gasteiger partial charge >= 0.3 is 0 Å². The molecule has 2 aromatic rings. The molecule has 0 aliphatic carbocycles. The maximum atomic E-state index is 6.21. The lowest BCUT2D eigenvalue weighted by atomic mass is 10.2. The zero-order valence-corrected chi connectivity index (χ0v) is 10.9. The second-order valence-electron chi connectivity index (χ2n) is 4.05. The lowest BCUT2D eigenvalue weighted by Crippen LogP contribution is -2.41. The minimum Gasteiger partial charge on any atom is -0.388 e. The summed E-state index contributed by atoms with van der Waals surface area (Å²) in [5.41, 5.74) is 8.36. The molecule has 1 aromatic carbocycles. The van der Waals surface area contributed by atoms with Crippen molar-refractivity contribution in [2.24, 2.45) is 10.7 Å². The predicted octanol–water partition coefficient (Wildman–Crippen LogP) is 0.911. The third-order valence-corrected chi connectivity index (χ3v) is 3.88. The van der Waals surface area contributed by atoms with Gasteiger partial charge in [-0.2, -0.15) is 0 Å². The highest BCUT2D eigenvalue weighted by atomic mass is 32.1. The summed E-state index contributed by atoms with van der Waals surface area (Å²) in [7, 11) is 1.91. The van der Waals surface area contributed by atoms with E-state index in [0.717, 1.165) is 27.1 Å². The summed E-state index contributed by atoms with van der Waals surface area (Å²) < 4.78 is 1.02. The van der Waals surface area contributed by atoms with E-state index in [1.165, 1.54) is 0 Å². The molecular formula is C13H14N4S. The zero-order valence-electron chi connectivity index (χ0n) is 10.1. The molecule has 1 aromatic heterocycles. The van der Waals surface area contributed by atoms with Crippen LogP contribution >= 0.6 is 11.3 Å². The van der Waals surface area contributed by atoms with Crippen molar-refractivity contribution in [3.63, 3.8) is 0 Å². The van der Waals surface area contributed by atoms with Gasteiger partial charge in [-0.05, 0) is 35.7 Å². The topological polar surface area (TPSA) is 53.6 Å². The van der Waals surface area contributed by atoms with Crippen LogP contribution in [-0.2, 0) is 0 Å². The smallest absolute Gasteiger partial charge is 0.123 e. The van der Waals surface area contributed by atoms with Gasteiger partial charge in [-0.25, -0.2) is 0 Å². The van der Waals surface area contributed by atoms with Crippen LogP contribution in [0.15, 0.2) is 40.7 Å². The Morgan fingerprint density at radius 3 is 2.78 bits per heavy atom. The summed E-state index contributed by atoms with van der Waals surface area (Å²) in [6, 6.07) is 10.2. The SMILES string of the molecule is CNc1ccc(N2CN=c3sccc3=C2N)cc1. The molecule has 0 atom stereocenters. The van der Waals surface area contributed by atoms with Gasteiger partial charge in [0, 0.05) is 18.4 Å². The van der Waals surface area contributed by atoms with Crippen LogP contribution in [0.4, 0.5) is 11.4 Å². The highest BCUT2D eigenvalue weighted by Crippen LogP contribution is 2.20. The summed E-state index contributed by atoms with van der Waals surface area (Å²) >= 11 is 1.63. The van der Waals surface area contributed by atoms with Gasteiger partial charge in [-0.1, -0.05) is 0 Å². The van der Waals surface area contributed by atoms with Crippen LogP contribution in [0.2, 0.25) is 0 Å². The predicted molar refractivity (Wildman–Crippen MR) is 76.0 cm³/mol. The molecule has 5 heteroatoms. The fourth-order valence-electron chi connectivity index (χ4n) is 2.00. The van der Waals surface area contributed by atoms with E-state index in [2.05, 4.69) is 10.3 Å². The average Bonchev–Trinajstić information content (AvgIpc) is 2.89. The first-order valence-electron chi connectivity index (χ1n) is 5.73. The molecule has 0 radical (unpaired) electrons. The Bertz CT molecular complexity index is 672. The Hall–Kier alpha value is -2.01. The van der Waals surface area contributed by atoms with E-state index in [1.807, 2.05) is 47.7 Å². The summed E-state index contributed by atoms with van der Waals surface area (Å²) in [5.74, 6) is 0.776. The van der Waals surface area contributed by atoms with Gasteiger partial charge in [0.05, 0.1) is 5.22 Å². The Morgan fingerprint density at radius 2 is 2.06 bits per heavy atom. The molecule has 1 aliphatic heterocycles. The van der Waals surface area contributed by atoms with E-state index in [4.69, 9.17) is 5.73 Å². The molecule has 0 bridgehead atoms. The van der Waals surface area contributed by atoms with Crippen molar-refractivity contribution < 1.29 is 0 Å². The van der Waals surface area contributed by atoms with Gasteiger partial charge in [0.25, 0.3) is 0 Å². The van der Waals surface area contributed by atoms with E-state index in [0.29, 0.717) is 6.67 Å². The third kappa shape index (κ3) is 1.73.